The molecule has 0 aliphatic heterocycles. The van der Waals surface area contributed by atoms with Crippen molar-refractivity contribution in [3.05, 3.63) is 30.1 Å². The topological polar surface area (TPSA) is 56.3 Å². The predicted octanol–water partition coefficient (Wildman–Crippen LogP) is 1.00. The maximum atomic E-state index is 11.3. The molecule has 1 unspecified atom stereocenters. The first-order valence-electron chi connectivity index (χ1n) is 4.78. The van der Waals surface area contributed by atoms with E-state index in [2.05, 4.69) is 4.98 Å². The second-order valence-corrected chi connectivity index (χ2v) is 3.05. The van der Waals surface area contributed by atoms with E-state index in [1.165, 1.54) is 0 Å². The van der Waals surface area contributed by atoms with Crippen LogP contribution in [0.2, 0.25) is 0 Å². The highest BCUT2D eigenvalue weighted by atomic mass is 16.5. The van der Waals surface area contributed by atoms with Crippen molar-refractivity contribution < 1.29 is 14.3 Å². The number of rotatable bonds is 5. The highest BCUT2D eigenvalue weighted by molar-refractivity contribution is 5.88. The van der Waals surface area contributed by atoms with Crippen LogP contribution in [0.25, 0.3) is 0 Å². The first-order valence-corrected chi connectivity index (χ1v) is 4.78. The molecule has 15 heavy (non-hydrogen) atoms. The van der Waals surface area contributed by atoms with Crippen LogP contribution in [0.15, 0.2) is 24.5 Å². The normalized spacial score (nSPS) is 11.8. The van der Waals surface area contributed by atoms with Gasteiger partial charge in [0.15, 0.2) is 0 Å². The van der Waals surface area contributed by atoms with E-state index in [0.717, 1.165) is 5.56 Å². The van der Waals surface area contributed by atoms with Crippen molar-refractivity contribution in [3.8, 4) is 0 Å². The van der Waals surface area contributed by atoms with Crippen molar-refractivity contribution in [3.63, 3.8) is 0 Å². The van der Waals surface area contributed by atoms with Gasteiger partial charge in [0.05, 0.1) is 6.61 Å². The Labute approximate surface area is 88.3 Å². The first-order chi connectivity index (χ1) is 7.27. The zero-order chi connectivity index (χ0) is 11.1. The molecule has 1 rings (SSSR count). The highest BCUT2D eigenvalue weighted by Crippen LogP contribution is 2.07. The number of carbonyl (C=O) groups excluding carboxylic acids is 2. The summed E-state index contributed by atoms with van der Waals surface area (Å²) in [7, 11) is 0. The maximum Gasteiger partial charge on any atom is 0.316 e. The smallest absolute Gasteiger partial charge is 0.316 e. The van der Waals surface area contributed by atoms with Crippen LogP contribution in [0.3, 0.4) is 0 Å². The minimum Gasteiger partial charge on any atom is -0.465 e. The Hall–Kier alpha value is -1.71. The van der Waals surface area contributed by atoms with Gasteiger partial charge in [-0.1, -0.05) is 0 Å². The lowest BCUT2D eigenvalue weighted by Crippen LogP contribution is -2.21. The lowest BCUT2D eigenvalue weighted by Gasteiger charge is -2.08. The third-order valence-corrected chi connectivity index (χ3v) is 1.96. The van der Waals surface area contributed by atoms with Gasteiger partial charge >= 0.3 is 5.97 Å². The van der Waals surface area contributed by atoms with E-state index in [1.54, 1.807) is 31.5 Å². The van der Waals surface area contributed by atoms with Gasteiger partial charge in [-0.25, -0.2) is 0 Å². The van der Waals surface area contributed by atoms with E-state index in [9.17, 15) is 9.59 Å². The molecule has 0 aliphatic rings. The quantitative estimate of drug-likeness (QED) is 0.410. The van der Waals surface area contributed by atoms with Gasteiger partial charge in [0.2, 0.25) is 0 Å². The van der Waals surface area contributed by atoms with Crippen LogP contribution >= 0.6 is 0 Å². The fraction of sp³-hybridized carbons (Fsp3) is 0.364. The summed E-state index contributed by atoms with van der Waals surface area (Å²) < 4.78 is 4.78. The Morgan fingerprint density at radius 3 is 2.73 bits per heavy atom. The monoisotopic (exact) mass is 207 g/mol. The van der Waals surface area contributed by atoms with Crippen LogP contribution in [0.5, 0.6) is 0 Å². The zero-order valence-electron chi connectivity index (χ0n) is 8.55. The fourth-order valence-corrected chi connectivity index (χ4v) is 1.21. The highest BCUT2D eigenvalue weighted by Gasteiger charge is 2.18. The molecule has 0 spiro atoms. The molecule has 0 N–H and O–H groups in total. The number of pyridine rings is 1. The molecule has 1 aromatic heterocycles. The van der Waals surface area contributed by atoms with Crippen LogP contribution in [0.4, 0.5) is 0 Å². The molecule has 1 aromatic rings. The zero-order valence-corrected chi connectivity index (χ0v) is 8.55. The number of hydrogen-bond acceptors (Lipinski definition) is 4. The van der Waals surface area contributed by atoms with Gasteiger partial charge in [-0.15, -0.1) is 0 Å². The van der Waals surface area contributed by atoms with Gasteiger partial charge in [0, 0.05) is 12.4 Å². The van der Waals surface area contributed by atoms with Crippen LogP contribution in [-0.2, 0) is 20.7 Å². The number of nitrogens with zero attached hydrogens (tertiary/aromatic N) is 1. The van der Waals surface area contributed by atoms with Crippen molar-refractivity contribution in [1.82, 2.24) is 4.98 Å². The second kappa shape index (κ2) is 5.90. The summed E-state index contributed by atoms with van der Waals surface area (Å²) in [5, 5.41) is 0. The number of aldehydes is 1. The first kappa shape index (κ1) is 11.4. The van der Waals surface area contributed by atoms with Crippen molar-refractivity contribution in [2.75, 3.05) is 6.61 Å². The third kappa shape index (κ3) is 3.50. The van der Waals surface area contributed by atoms with Gasteiger partial charge < -0.3 is 9.53 Å². The minimum atomic E-state index is -0.715. The van der Waals surface area contributed by atoms with E-state index >= 15 is 0 Å². The predicted molar refractivity (Wildman–Crippen MR) is 54.1 cm³/mol. The number of ether oxygens (including phenoxy) is 1. The Balaban J connectivity index is 2.62. The molecule has 80 valence electrons. The minimum absolute atomic E-state index is 0.291. The van der Waals surface area contributed by atoms with Gasteiger partial charge in [-0.2, -0.15) is 0 Å². The molecule has 0 aliphatic carbocycles. The van der Waals surface area contributed by atoms with Crippen molar-refractivity contribution >= 4 is 12.3 Å². The average molecular weight is 207 g/mol. The van der Waals surface area contributed by atoms with Crippen molar-refractivity contribution in [1.29, 1.82) is 0 Å². The standard InChI is InChI=1S/C11H13NO3/c1-2-15-11(14)10(8-13)7-9-3-5-12-6-4-9/h3-6,8,10H,2,7H2,1H3. The van der Waals surface area contributed by atoms with E-state index in [0.29, 0.717) is 19.3 Å². The lowest BCUT2D eigenvalue weighted by molar-refractivity contribution is -0.149. The van der Waals surface area contributed by atoms with Crippen LogP contribution in [-0.4, -0.2) is 23.8 Å². The summed E-state index contributed by atoms with van der Waals surface area (Å²) in [5.74, 6) is -1.18. The van der Waals surface area contributed by atoms with Gasteiger partial charge in [0.1, 0.15) is 12.2 Å². The largest absolute Gasteiger partial charge is 0.465 e. The van der Waals surface area contributed by atoms with Gasteiger partial charge in [-0.3, -0.25) is 9.78 Å². The summed E-state index contributed by atoms with van der Waals surface area (Å²) in [5.41, 5.74) is 0.898. The van der Waals surface area contributed by atoms with E-state index in [1.807, 2.05) is 0 Å². The summed E-state index contributed by atoms with van der Waals surface area (Å²) in [6, 6.07) is 3.55. The van der Waals surface area contributed by atoms with E-state index < -0.39 is 11.9 Å². The van der Waals surface area contributed by atoms with Crippen LogP contribution < -0.4 is 0 Å². The van der Waals surface area contributed by atoms with Crippen molar-refractivity contribution in [2.24, 2.45) is 5.92 Å². The van der Waals surface area contributed by atoms with E-state index in [-0.39, 0.29) is 0 Å². The molecule has 4 nitrogen and oxygen atoms in total. The molecule has 0 radical (unpaired) electrons. The maximum absolute atomic E-state index is 11.3. The van der Waals surface area contributed by atoms with Crippen LogP contribution in [0, 0.1) is 5.92 Å². The molecule has 0 amide bonds. The molecule has 0 aromatic carbocycles. The van der Waals surface area contributed by atoms with Crippen LogP contribution in [0.1, 0.15) is 12.5 Å². The van der Waals surface area contributed by atoms with Gasteiger partial charge in [-0.05, 0) is 31.0 Å². The molecule has 0 saturated carbocycles. The van der Waals surface area contributed by atoms with Gasteiger partial charge in [0.25, 0.3) is 0 Å². The average Bonchev–Trinajstić information content (AvgIpc) is 2.27. The Morgan fingerprint density at radius 1 is 1.53 bits per heavy atom. The summed E-state index contributed by atoms with van der Waals surface area (Å²) in [6.07, 6.45) is 4.24. The molecular weight excluding hydrogens is 194 g/mol. The second-order valence-electron chi connectivity index (χ2n) is 3.05. The molecule has 4 heteroatoms. The summed E-state index contributed by atoms with van der Waals surface area (Å²) in [4.78, 5) is 25.9. The molecule has 0 bridgehead atoms. The summed E-state index contributed by atoms with van der Waals surface area (Å²) in [6.45, 7) is 2.01. The summed E-state index contributed by atoms with van der Waals surface area (Å²) >= 11 is 0. The Morgan fingerprint density at radius 2 is 2.20 bits per heavy atom. The number of esters is 1. The Kier molecular flexibility index (Phi) is 4.47. The molecule has 1 heterocycles. The number of carbonyl (C=O) groups is 2. The Bertz CT molecular complexity index is 324. The fourth-order valence-electron chi connectivity index (χ4n) is 1.21. The van der Waals surface area contributed by atoms with E-state index in [4.69, 9.17) is 4.74 Å². The molecule has 1 atom stereocenters. The molecule has 0 saturated heterocycles. The SMILES string of the molecule is CCOC(=O)C(C=O)Cc1ccncc1. The lowest BCUT2D eigenvalue weighted by atomic mass is 10.0. The number of hydrogen-bond donors (Lipinski definition) is 0. The third-order valence-electron chi connectivity index (χ3n) is 1.96. The number of aromatic nitrogens is 1. The molecular formula is C11H13NO3. The molecule has 0 fully saturated rings. The van der Waals surface area contributed by atoms with Crippen molar-refractivity contribution in [2.45, 2.75) is 13.3 Å².